The van der Waals surface area contributed by atoms with Crippen LogP contribution in [0.3, 0.4) is 0 Å². The van der Waals surface area contributed by atoms with E-state index in [4.69, 9.17) is 0 Å². The molecule has 1 fully saturated rings. The largest absolute Gasteiger partial charge is 0.395 e. The minimum atomic E-state index is -0.377. The maximum atomic E-state index is 10.5. The van der Waals surface area contributed by atoms with E-state index in [1.807, 2.05) is 0 Å². The zero-order valence-corrected chi connectivity index (χ0v) is 8.42. The molecule has 5 heteroatoms. The second kappa shape index (κ2) is 3.33. The van der Waals surface area contributed by atoms with E-state index in [2.05, 4.69) is 0 Å². The summed E-state index contributed by atoms with van der Waals surface area (Å²) in [6.07, 6.45) is 2.99. The van der Waals surface area contributed by atoms with Gasteiger partial charge in [-0.3, -0.25) is 10.1 Å². The molecule has 1 saturated carbocycles. The monoisotopic (exact) mass is 213 g/mol. The Morgan fingerprint density at radius 1 is 1.57 bits per heavy atom. The highest BCUT2D eigenvalue weighted by Gasteiger charge is 2.40. The molecule has 1 aromatic rings. The molecule has 1 N–H and O–H groups in total. The van der Waals surface area contributed by atoms with Crippen LogP contribution in [-0.2, 0) is 5.41 Å². The van der Waals surface area contributed by atoms with Crippen molar-refractivity contribution in [3.63, 3.8) is 0 Å². The van der Waals surface area contributed by atoms with E-state index in [1.165, 1.54) is 17.4 Å². The van der Waals surface area contributed by atoms with Gasteiger partial charge >= 0.3 is 5.00 Å². The third-order valence-corrected chi connectivity index (χ3v) is 4.19. The number of hydrogen-bond donors (Lipinski definition) is 1. The van der Waals surface area contributed by atoms with Crippen molar-refractivity contribution in [3.8, 4) is 0 Å². The third kappa shape index (κ3) is 1.33. The standard InChI is InChI=1S/C9H11NO3S/c11-6-9(4-1-5-9)7-2-3-8(14-7)10(12)13/h2-3,11H,1,4-6H2. The number of nitrogens with zero attached hydrogens (tertiary/aromatic N) is 1. The molecule has 0 aromatic carbocycles. The molecule has 0 bridgehead atoms. The first-order valence-corrected chi connectivity index (χ1v) is 5.35. The fraction of sp³-hybridized carbons (Fsp3) is 0.556. The summed E-state index contributed by atoms with van der Waals surface area (Å²) in [6.45, 7) is 0.102. The molecular weight excluding hydrogens is 202 g/mol. The van der Waals surface area contributed by atoms with Gasteiger partial charge in [0.05, 0.1) is 11.5 Å². The average molecular weight is 213 g/mol. The number of thiophene rings is 1. The summed E-state index contributed by atoms with van der Waals surface area (Å²) in [4.78, 5) is 11.1. The third-order valence-electron chi connectivity index (χ3n) is 2.91. The predicted molar refractivity (Wildman–Crippen MR) is 53.6 cm³/mol. The van der Waals surface area contributed by atoms with Crippen molar-refractivity contribution in [1.82, 2.24) is 0 Å². The maximum absolute atomic E-state index is 10.5. The lowest BCUT2D eigenvalue weighted by atomic mass is 9.68. The van der Waals surface area contributed by atoms with Crippen molar-refractivity contribution in [1.29, 1.82) is 0 Å². The molecule has 0 aliphatic heterocycles. The number of rotatable bonds is 3. The first-order valence-electron chi connectivity index (χ1n) is 4.53. The fourth-order valence-corrected chi connectivity index (χ4v) is 2.85. The Balaban J connectivity index is 2.27. The molecular formula is C9H11NO3S. The smallest absolute Gasteiger partial charge is 0.324 e. The van der Waals surface area contributed by atoms with E-state index < -0.39 is 0 Å². The molecule has 1 heterocycles. The van der Waals surface area contributed by atoms with Crippen molar-refractivity contribution < 1.29 is 10.0 Å². The lowest BCUT2D eigenvalue weighted by molar-refractivity contribution is -0.380. The molecule has 0 radical (unpaired) electrons. The predicted octanol–water partition coefficient (Wildman–Crippen LogP) is 2.07. The molecule has 0 saturated heterocycles. The van der Waals surface area contributed by atoms with Crippen LogP contribution in [0.5, 0.6) is 0 Å². The molecule has 1 aliphatic carbocycles. The molecule has 0 amide bonds. The molecule has 14 heavy (non-hydrogen) atoms. The van der Waals surface area contributed by atoms with Gasteiger partial charge in [0.2, 0.25) is 0 Å². The summed E-state index contributed by atoms with van der Waals surface area (Å²) < 4.78 is 0. The van der Waals surface area contributed by atoms with E-state index in [0.29, 0.717) is 0 Å². The highest BCUT2D eigenvalue weighted by molar-refractivity contribution is 7.15. The zero-order valence-electron chi connectivity index (χ0n) is 7.60. The van der Waals surface area contributed by atoms with E-state index in [0.717, 1.165) is 24.1 Å². The zero-order chi connectivity index (χ0) is 10.2. The van der Waals surface area contributed by atoms with Gasteiger partial charge in [-0.25, -0.2) is 0 Å². The Labute approximate surface area is 85.3 Å². The Hall–Kier alpha value is -0.940. The van der Waals surface area contributed by atoms with Crippen molar-refractivity contribution in [2.75, 3.05) is 6.61 Å². The summed E-state index contributed by atoms with van der Waals surface area (Å²) in [7, 11) is 0. The van der Waals surface area contributed by atoms with Gasteiger partial charge in [-0.2, -0.15) is 0 Å². The van der Waals surface area contributed by atoms with Crippen molar-refractivity contribution in [2.24, 2.45) is 0 Å². The SMILES string of the molecule is O=[N+]([O-])c1ccc(C2(CO)CCC2)s1. The molecule has 4 nitrogen and oxygen atoms in total. The van der Waals surface area contributed by atoms with Crippen LogP contribution in [0.15, 0.2) is 12.1 Å². The highest BCUT2D eigenvalue weighted by Crippen LogP contribution is 2.46. The van der Waals surface area contributed by atoms with Crippen LogP contribution in [0, 0.1) is 10.1 Å². The van der Waals surface area contributed by atoms with Crippen LogP contribution in [0.4, 0.5) is 5.00 Å². The van der Waals surface area contributed by atoms with E-state index >= 15 is 0 Å². The molecule has 2 rings (SSSR count). The van der Waals surface area contributed by atoms with Gasteiger partial charge in [0.25, 0.3) is 0 Å². The maximum Gasteiger partial charge on any atom is 0.324 e. The van der Waals surface area contributed by atoms with E-state index in [9.17, 15) is 15.2 Å². The van der Waals surface area contributed by atoms with Gasteiger partial charge in [0.15, 0.2) is 0 Å². The summed E-state index contributed by atoms with van der Waals surface area (Å²) in [5, 5.41) is 19.9. The Morgan fingerprint density at radius 3 is 2.64 bits per heavy atom. The van der Waals surface area contributed by atoms with Crippen molar-refractivity contribution >= 4 is 16.3 Å². The lowest BCUT2D eigenvalue weighted by Gasteiger charge is -2.39. The van der Waals surface area contributed by atoms with Crippen molar-refractivity contribution in [2.45, 2.75) is 24.7 Å². The normalized spacial score (nSPS) is 18.9. The van der Waals surface area contributed by atoms with Crippen LogP contribution in [0.2, 0.25) is 0 Å². The average Bonchev–Trinajstić information content (AvgIpc) is 2.52. The summed E-state index contributed by atoms with van der Waals surface area (Å²) in [5.41, 5.74) is -0.168. The first kappa shape index (κ1) is 9.61. The van der Waals surface area contributed by atoms with Gasteiger partial charge in [0.1, 0.15) is 0 Å². The number of nitro groups is 1. The van der Waals surface area contributed by atoms with Crippen LogP contribution >= 0.6 is 11.3 Å². The molecule has 0 spiro atoms. The van der Waals surface area contributed by atoms with Crippen LogP contribution < -0.4 is 0 Å². The van der Waals surface area contributed by atoms with Gasteiger partial charge < -0.3 is 5.11 Å². The number of aliphatic hydroxyl groups is 1. The molecule has 1 aromatic heterocycles. The van der Waals surface area contributed by atoms with Crippen molar-refractivity contribution in [3.05, 3.63) is 27.1 Å². The minimum Gasteiger partial charge on any atom is -0.395 e. The Kier molecular flexibility index (Phi) is 2.28. The summed E-state index contributed by atoms with van der Waals surface area (Å²) >= 11 is 1.19. The van der Waals surface area contributed by atoms with Gasteiger partial charge in [-0.15, -0.1) is 0 Å². The Bertz CT molecular complexity index is 351. The first-order chi connectivity index (χ1) is 6.68. The highest BCUT2D eigenvalue weighted by atomic mass is 32.1. The minimum absolute atomic E-state index is 0.102. The van der Waals surface area contributed by atoms with Gasteiger partial charge in [0, 0.05) is 16.4 Å². The fourth-order valence-electron chi connectivity index (χ4n) is 1.80. The Morgan fingerprint density at radius 2 is 2.29 bits per heavy atom. The van der Waals surface area contributed by atoms with E-state index in [-0.39, 0.29) is 21.9 Å². The van der Waals surface area contributed by atoms with Crippen LogP contribution in [0.1, 0.15) is 24.1 Å². The number of hydrogen-bond acceptors (Lipinski definition) is 4. The second-order valence-corrected chi connectivity index (χ2v) is 4.75. The van der Waals surface area contributed by atoms with Crippen LogP contribution in [0.25, 0.3) is 0 Å². The van der Waals surface area contributed by atoms with E-state index in [1.54, 1.807) is 6.07 Å². The molecule has 1 aliphatic rings. The summed E-state index contributed by atoms with van der Waals surface area (Å²) in [5.74, 6) is 0. The quantitative estimate of drug-likeness (QED) is 0.617. The topological polar surface area (TPSA) is 63.4 Å². The second-order valence-electron chi connectivity index (χ2n) is 3.69. The molecule has 0 atom stereocenters. The number of aliphatic hydroxyl groups excluding tert-OH is 1. The lowest BCUT2D eigenvalue weighted by Crippen LogP contribution is -2.36. The van der Waals surface area contributed by atoms with Gasteiger partial charge in [-0.1, -0.05) is 17.8 Å². The molecule has 0 unspecified atom stereocenters. The summed E-state index contributed by atoms with van der Waals surface area (Å²) in [6, 6.07) is 3.30. The van der Waals surface area contributed by atoms with Gasteiger partial charge in [-0.05, 0) is 18.9 Å². The van der Waals surface area contributed by atoms with Crippen LogP contribution in [-0.4, -0.2) is 16.6 Å². The molecule has 76 valence electrons.